The largest absolute Gasteiger partial charge is 0.373 e. The average Bonchev–Trinajstić information content (AvgIpc) is 3.34. The van der Waals surface area contributed by atoms with Gasteiger partial charge in [-0.15, -0.1) is 11.3 Å². The molecule has 1 amide bonds. The first kappa shape index (κ1) is 16.5. The molecule has 2 aromatic rings. The highest BCUT2D eigenvalue weighted by molar-refractivity contribution is 7.14. The van der Waals surface area contributed by atoms with Crippen LogP contribution in [-0.2, 0) is 4.74 Å². The van der Waals surface area contributed by atoms with Crippen molar-refractivity contribution in [3.05, 3.63) is 46.3 Å². The number of hydrogen-bond donors (Lipinski definition) is 1. The normalized spacial score (nSPS) is 21.4. The molecule has 1 atom stereocenters. The number of carbonyl (C=O) groups excluding carboxylic acids is 1. The molecular weight excluding hydrogens is 334 g/mol. The van der Waals surface area contributed by atoms with Gasteiger partial charge in [0, 0.05) is 36.8 Å². The highest BCUT2D eigenvalue weighted by Crippen LogP contribution is 2.34. The van der Waals surface area contributed by atoms with Crippen molar-refractivity contribution in [3.8, 4) is 0 Å². The molecule has 6 heteroatoms. The summed E-state index contributed by atoms with van der Waals surface area (Å²) in [6.07, 6.45) is 6.07. The number of pyridine rings is 1. The number of thiophene rings is 1. The van der Waals surface area contributed by atoms with Crippen molar-refractivity contribution in [1.29, 1.82) is 0 Å². The van der Waals surface area contributed by atoms with E-state index in [-0.39, 0.29) is 12.0 Å². The van der Waals surface area contributed by atoms with Crippen LogP contribution in [-0.4, -0.2) is 41.5 Å². The molecular formula is C19H23N3O2S. The smallest absolute Gasteiger partial charge is 0.263 e. The van der Waals surface area contributed by atoms with Crippen LogP contribution >= 0.6 is 11.3 Å². The summed E-state index contributed by atoms with van der Waals surface area (Å²) in [6.45, 7) is 2.41. The van der Waals surface area contributed by atoms with Gasteiger partial charge in [-0.25, -0.2) is 4.98 Å². The number of nitrogens with one attached hydrogen (secondary N) is 1. The predicted octanol–water partition coefficient (Wildman–Crippen LogP) is 3.71. The second-order valence-corrected chi connectivity index (χ2v) is 7.74. The van der Waals surface area contributed by atoms with Crippen LogP contribution in [0.5, 0.6) is 0 Å². The van der Waals surface area contributed by atoms with Crippen molar-refractivity contribution < 1.29 is 9.53 Å². The molecule has 2 fully saturated rings. The first-order valence-corrected chi connectivity index (χ1v) is 9.79. The molecule has 0 bridgehead atoms. The minimum atomic E-state index is 0.158. The van der Waals surface area contributed by atoms with Crippen molar-refractivity contribution in [2.45, 2.75) is 37.8 Å². The number of aromatic nitrogens is 1. The van der Waals surface area contributed by atoms with Gasteiger partial charge in [0.25, 0.3) is 5.91 Å². The van der Waals surface area contributed by atoms with E-state index in [1.54, 1.807) is 17.5 Å². The lowest BCUT2D eigenvalue weighted by molar-refractivity contribution is 0.0723. The van der Waals surface area contributed by atoms with E-state index in [1.807, 2.05) is 29.2 Å². The molecule has 0 unspecified atom stereocenters. The number of rotatable bonds is 4. The van der Waals surface area contributed by atoms with E-state index in [2.05, 4.69) is 16.4 Å². The first-order valence-electron chi connectivity index (χ1n) is 8.98. The number of likely N-dealkylation sites (tertiary alicyclic amines) is 1. The lowest BCUT2D eigenvalue weighted by atomic mass is 10.0. The van der Waals surface area contributed by atoms with Gasteiger partial charge >= 0.3 is 0 Å². The van der Waals surface area contributed by atoms with Crippen LogP contribution in [0, 0.1) is 0 Å². The highest BCUT2D eigenvalue weighted by Gasteiger charge is 2.26. The second-order valence-electron chi connectivity index (χ2n) is 6.63. The van der Waals surface area contributed by atoms with Crippen molar-refractivity contribution in [1.82, 2.24) is 9.88 Å². The summed E-state index contributed by atoms with van der Waals surface area (Å²) in [5.41, 5.74) is 0. The van der Waals surface area contributed by atoms with Gasteiger partial charge in [-0.3, -0.25) is 4.79 Å². The summed E-state index contributed by atoms with van der Waals surface area (Å²) in [6, 6.07) is 10.3. The second kappa shape index (κ2) is 7.54. The van der Waals surface area contributed by atoms with Crippen LogP contribution in [0.25, 0.3) is 0 Å². The highest BCUT2D eigenvalue weighted by atomic mass is 32.1. The van der Waals surface area contributed by atoms with Gasteiger partial charge < -0.3 is 15.0 Å². The zero-order valence-electron chi connectivity index (χ0n) is 14.2. The molecule has 2 saturated heterocycles. The molecule has 5 nitrogen and oxygen atoms in total. The van der Waals surface area contributed by atoms with Gasteiger partial charge in [-0.2, -0.15) is 0 Å². The minimum Gasteiger partial charge on any atom is -0.373 e. The number of ether oxygens (including phenoxy) is 1. The van der Waals surface area contributed by atoms with Crippen molar-refractivity contribution in [2.24, 2.45) is 0 Å². The standard InChI is InChI=1S/C19H23N3O2S/c23-19(17-7-6-16(25-17)15-4-3-13-24-15)22-11-8-14(9-12-22)21-18-5-1-2-10-20-18/h1-2,5-7,10,14-15H,3-4,8-9,11-13H2,(H,20,21)/t15-/m0/s1. The number of amides is 1. The van der Waals surface area contributed by atoms with Gasteiger partial charge in [-0.05, 0) is 49.9 Å². The van der Waals surface area contributed by atoms with Crippen LogP contribution in [0.15, 0.2) is 36.5 Å². The third-order valence-electron chi connectivity index (χ3n) is 4.88. The molecule has 25 heavy (non-hydrogen) atoms. The number of anilines is 1. The van der Waals surface area contributed by atoms with Crippen LogP contribution in [0.1, 0.15) is 46.3 Å². The van der Waals surface area contributed by atoms with Gasteiger partial charge in [0.05, 0.1) is 11.0 Å². The quantitative estimate of drug-likeness (QED) is 0.906. The molecule has 2 aromatic heterocycles. The third-order valence-corrected chi connectivity index (χ3v) is 6.05. The Kier molecular flexibility index (Phi) is 4.99. The van der Waals surface area contributed by atoms with E-state index in [1.165, 1.54) is 4.88 Å². The maximum absolute atomic E-state index is 12.8. The van der Waals surface area contributed by atoms with Crippen molar-refractivity contribution in [2.75, 3.05) is 25.0 Å². The Bertz CT molecular complexity index is 704. The zero-order chi connectivity index (χ0) is 17.1. The summed E-state index contributed by atoms with van der Waals surface area (Å²) in [7, 11) is 0. The molecule has 132 valence electrons. The van der Waals surface area contributed by atoms with E-state index in [9.17, 15) is 4.79 Å². The van der Waals surface area contributed by atoms with E-state index in [0.29, 0.717) is 6.04 Å². The summed E-state index contributed by atoms with van der Waals surface area (Å²) < 4.78 is 5.72. The zero-order valence-corrected chi connectivity index (χ0v) is 15.0. The summed E-state index contributed by atoms with van der Waals surface area (Å²) >= 11 is 1.59. The molecule has 0 aliphatic carbocycles. The maximum atomic E-state index is 12.8. The maximum Gasteiger partial charge on any atom is 0.263 e. The Morgan fingerprint density at radius 2 is 2.08 bits per heavy atom. The van der Waals surface area contributed by atoms with Gasteiger partial charge in [0.1, 0.15) is 5.82 Å². The molecule has 2 aliphatic heterocycles. The van der Waals surface area contributed by atoms with Crippen LogP contribution in [0.3, 0.4) is 0 Å². The fourth-order valence-corrected chi connectivity index (χ4v) is 4.54. The molecule has 0 radical (unpaired) electrons. The molecule has 0 aromatic carbocycles. The van der Waals surface area contributed by atoms with Crippen LogP contribution in [0.4, 0.5) is 5.82 Å². The van der Waals surface area contributed by atoms with Gasteiger partial charge in [-0.1, -0.05) is 6.07 Å². The summed E-state index contributed by atoms with van der Waals surface area (Å²) in [4.78, 5) is 21.1. The van der Waals surface area contributed by atoms with Gasteiger partial charge in [0.15, 0.2) is 0 Å². The van der Waals surface area contributed by atoms with Crippen LogP contribution < -0.4 is 5.32 Å². The third kappa shape index (κ3) is 3.85. The number of nitrogens with zero attached hydrogens (tertiary/aromatic N) is 2. The minimum absolute atomic E-state index is 0.158. The first-order chi connectivity index (χ1) is 12.3. The Morgan fingerprint density at radius 1 is 1.20 bits per heavy atom. The Labute approximate surface area is 152 Å². The number of carbonyl (C=O) groups is 1. The molecule has 4 heterocycles. The summed E-state index contributed by atoms with van der Waals surface area (Å²) in [5, 5.41) is 3.46. The lowest BCUT2D eigenvalue weighted by Gasteiger charge is -2.32. The monoisotopic (exact) mass is 357 g/mol. The van der Waals surface area contributed by atoms with E-state index >= 15 is 0 Å². The fraction of sp³-hybridized carbons (Fsp3) is 0.474. The van der Waals surface area contributed by atoms with Crippen molar-refractivity contribution in [3.63, 3.8) is 0 Å². The lowest BCUT2D eigenvalue weighted by Crippen LogP contribution is -2.42. The van der Waals surface area contributed by atoms with E-state index in [4.69, 9.17) is 4.74 Å². The molecule has 4 rings (SSSR count). The SMILES string of the molecule is O=C(c1ccc([C@@H]2CCCO2)s1)N1CCC(Nc2ccccn2)CC1. The molecule has 2 aliphatic rings. The topological polar surface area (TPSA) is 54.5 Å². The molecule has 1 N–H and O–H groups in total. The van der Waals surface area contributed by atoms with Crippen LogP contribution in [0.2, 0.25) is 0 Å². The van der Waals surface area contributed by atoms with Gasteiger partial charge in [0.2, 0.25) is 0 Å². The number of hydrogen-bond acceptors (Lipinski definition) is 5. The predicted molar refractivity (Wildman–Crippen MR) is 99.0 cm³/mol. The number of piperidine rings is 1. The Morgan fingerprint density at radius 3 is 2.80 bits per heavy atom. The van der Waals surface area contributed by atoms with E-state index in [0.717, 1.165) is 56.1 Å². The van der Waals surface area contributed by atoms with Crippen molar-refractivity contribution >= 4 is 23.1 Å². The average molecular weight is 357 g/mol. The fourth-order valence-electron chi connectivity index (χ4n) is 3.48. The molecule has 0 spiro atoms. The Hall–Kier alpha value is -1.92. The van der Waals surface area contributed by atoms with E-state index < -0.39 is 0 Å². The summed E-state index contributed by atoms with van der Waals surface area (Å²) in [5.74, 6) is 1.07. The Balaban J connectivity index is 1.32. The molecule has 0 saturated carbocycles.